The maximum atomic E-state index is 12.7. The number of nitrogens with zero attached hydrogens (tertiary/aromatic N) is 1. The normalized spacial score (nSPS) is 17.7. The Morgan fingerprint density at radius 1 is 1.23 bits per heavy atom. The summed E-state index contributed by atoms with van der Waals surface area (Å²) in [5.41, 5.74) is 0. The Labute approximate surface area is 136 Å². The zero-order valence-corrected chi connectivity index (χ0v) is 15.0. The first-order valence-electron chi connectivity index (χ1n) is 7.69. The van der Waals surface area contributed by atoms with E-state index in [4.69, 9.17) is 0 Å². The van der Waals surface area contributed by atoms with Crippen LogP contribution in [0.3, 0.4) is 0 Å². The van der Waals surface area contributed by atoms with Gasteiger partial charge in [0.25, 0.3) is 10.0 Å². The molecule has 7 heteroatoms. The molecule has 0 unspecified atom stereocenters. The summed E-state index contributed by atoms with van der Waals surface area (Å²) < 4.78 is 27.8. The van der Waals surface area contributed by atoms with Crippen molar-refractivity contribution in [2.24, 2.45) is 5.92 Å². The van der Waals surface area contributed by atoms with Crippen LogP contribution in [0, 0.1) is 12.8 Å². The zero-order valence-electron chi connectivity index (χ0n) is 13.3. The number of likely N-dealkylation sites (tertiary alicyclic amines) is 1. The Morgan fingerprint density at radius 2 is 1.86 bits per heavy atom. The van der Waals surface area contributed by atoms with E-state index in [0.717, 1.165) is 37.2 Å². The molecule has 124 valence electrons. The number of amides is 1. The summed E-state index contributed by atoms with van der Waals surface area (Å²) in [5.74, 6) is -0.197. The summed E-state index contributed by atoms with van der Waals surface area (Å²) >= 11 is 1.22. The predicted octanol–water partition coefficient (Wildman–Crippen LogP) is 2.37. The van der Waals surface area contributed by atoms with Crippen molar-refractivity contribution >= 4 is 27.3 Å². The van der Waals surface area contributed by atoms with Gasteiger partial charge < -0.3 is 4.90 Å². The van der Waals surface area contributed by atoms with Crippen LogP contribution in [0.5, 0.6) is 0 Å². The summed E-state index contributed by atoms with van der Waals surface area (Å²) in [4.78, 5) is 15.4. The molecule has 1 aromatic rings. The van der Waals surface area contributed by atoms with Crippen molar-refractivity contribution in [2.75, 3.05) is 13.1 Å². The minimum absolute atomic E-state index is 0.0924. The minimum Gasteiger partial charge on any atom is -0.341 e. The van der Waals surface area contributed by atoms with Crippen molar-refractivity contribution in [3.63, 3.8) is 0 Å². The smallest absolute Gasteiger partial charge is 0.250 e. The first kappa shape index (κ1) is 17.4. The molecule has 1 fully saturated rings. The van der Waals surface area contributed by atoms with Crippen molar-refractivity contribution in [3.8, 4) is 0 Å². The molecule has 0 aliphatic carbocycles. The molecular formula is C15H24N2O3S2. The fourth-order valence-corrected chi connectivity index (χ4v) is 5.20. The largest absolute Gasteiger partial charge is 0.341 e. The van der Waals surface area contributed by atoms with Gasteiger partial charge in [-0.1, -0.05) is 13.8 Å². The van der Waals surface area contributed by atoms with E-state index in [2.05, 4.69) is 4.72 Å². The maximum Gasteiger partial charge on any atom is 0.250 e. The highest BCUT2D eigenvalue weighted by Crippen LogP contribution is 2.22. The van der Waals surface area contributed by atoms with Crippen LogP contribution in [0.15, 0.2) is 16.3 Å². The molecule has 1 amide bonds. The van der Waals surface area contributed by atoms with E-state index in [1.54, 1.807) is 17.0 Å². The monoisotopic (exact) mass is 344 g/mol. The van der Waals surface area contributed by atoms with Crippen LogP contribution >= 0.6 is 11.3 Å². The van der Waals surface area contributed by atoms with Gasteiger partial charge in [-0.15, -0.1) is 11.3 Å². The number of hydrogen-bond donors (Lipinski definition) is 1. The molecule has 1 aliphatic heterocycles. The lowest BCUT2D eigenvalue weighted by Crippen LogP contribution is -2.52. The van der Waals surface area contributed by atoms with Gasteiger partial charge in [-0.25, -0.2) is 8.42 Å². The van der Waals surface area contributed by atoms with Gasteiger partial charge in [-0.2, -0.15) is 4.72 Å². The molecule has 1 N–H and O–H groups in total. The maximum absolute atomic E-state index is 12.7. The molecule has 1 atom stereocenters. The Morgan fingerprint density at radius 3 is 2.36 bits per heavy atom. The fraction of sp³-hybridized carbons (Fsp3) is 0.667. The lowest BCUT2D eigenvalue weighted by molar-refractivity contribution is -0.134. The van der Waals surface area contributed by atoms with Crippen molar-refractivity contribution in [2.45, 2.75) is 50.3 Å². The van der Waals surface area contributed by atoms with Gasteiger partial charge in [-0.3, -0.25) is 4.79 Å². The van der Waals surface area contributed by atoms with Crippen molar-refractivity contribution in [3.05, 3.63) is 17.0 Å². The van der Waals surface area contributed by atoms with Gasteiger partial charge in [0.05, 0.1) is 0 Å². The molecule has 2 rings (SSSR count). The number of nitrogens with one attached hydrogen (secondary N) is 1. The molecule has 1 aromatic heterocycles. The minimum atomic E-state index is -3.65. The average Bonchev–Trinajstić information content (AvgIpc) is 2.92. The Kier molecular flexibility index (Phi) is 5.63. The predicted molar refractivity (Wildman–Crippen MR) is 88.4 cm³/mol. The summed E-state index contributed by atoms with van der Waals surface area (Å²) in [7, 11) is -3.65. The quantitative estimate of drug-likeness (QED) is 0.892. The van der Waals surface area contributed by atoms with Gasteiger partial charge in [0.15, 0.2) is 0 Å². The highest BCUT2D eigenvalue weighted by Gasteiger charge is 2.32. The van der Waals surface area contributed by atoms with E-state index in [1.165, 1.54) is 11.3 Å². The SMILES string of the molecule is Cc1ccc(S(=O)(=O)N[C@H](C(=O)N2CCCCC2)C(C)C)s1. The number of thiophene rings is 1. The van der Waals surface area contributed by atoms with Crippen LogP contribution in [0.25, 0.3) is 0 Å². The van der Waals surface area contributed by atoms with Gasteiger partial charge in [0.2, 0.25) is 5.91 Å². The second-order valence-corrected chi connectivity index (χ2v) is 9.32. The standard InChI is InChI=1S/C15H24N2O3S2/c1-11(2)14(15(18)17-9-5-4-6-10-17)16-22(19,20)13-8-7-12(3)21-13/h7-8,11,14,16H,4-6,9-10H2,1-3H3/t14-/m0/s1. The van der Waals surface area contributed by atoms with Crippen LogP contribution in [-0.2, 0) is 14.8 Å². The van der Waals surface area contributed by atoms with Gasteiger partial charge in [0.1, 0.15) is 10.3 Å². The summed E-state index contributed by atoms with van der Waals surface area (Å²) in [6.45, 7) is 7.05. The van der Waals surface area contributed by atoms with Crippen LogP contribution in [0.4, 0.5) is 0 Å². The summed E-state index contributed by atoms with van der Waals surface area (Å²) in [6, 6.07) is 2.66. The first-order chi connectivity index (χ1) is 10.3. The van der Waals surface area contributed by atoms with E-state index in [9.17, 15) is 13.2 Å². The third kappa shape index (κ3) is 4.08. The van der Waals surface area contributed by atoms with E-state index in [-0.39, 0.29) is 16.0 Å². The Balaban J connectivity index is 2.16. The van der Waals surface area contributed by atoms with E-state index < -0.39 is 16.1 Å². The Bertz CT molecular complexity index is 616. The molecule has 0 bridgehead atoms. The molecule has 0 saturated carbocycles. The number of carbonyl (C=O) groups is 1. The molecule has 0 spiro atoms. The lowest BCUT2D eigenvalue weighted by Gasteiger charge is -2.32. The van der Waals surface area contributed by atoms with Crippen LogP contribution in [0.2, 0.25) is 0 Å². The van der Waals surface area contributed by atoms with Crippen molar-refractivity contribution < 1.29 is 13.2 Å². The van der Waals surface area contributed by atoms with Gasteiger partial charge >= 0.3 is 0 Å². The van der Waals surface area contributed by atoms with Crippen LogP contribution in [-0.4, -0.2) is 38.4 Å². The zero-order chi connectivity index (χ0) is 16.3. The second kappa shape index (κ2) is 7.10. The Hall–Kier alpha value is -0.920. The molecule has 22 heavy (non-hydrogen) atoms. The fourth-order valence-electron chi connectivity index (χ4n) is 2.56. The lowest BCUT2D eigenvalue weighted by atomic mass is 10.0. The number of hydrogen-bond acceptors (Lipinski definition) is 4. The first-order valence-corrected chi connectivity index (χ1v) is 9.99. The molecule has 2 heterocycles. The van der Waals surface area contributed by atoms with Crippen LogP contribution < -0.4 is 4.72 Å². The number of piperidine rings is 1. The van der Waals surface area contributed by atoms with Gasteiger partial charge in [-0.05, 0) is 44.2 Å². The van der Waals surface area contributed by atoms with Crippen molar-refractivity contribution in [1.29, 1.82) is 0 Å². The second-order valence-electron chi connectivity index (χ2n) is 6.09. The number of sulfonamides is 1. The summed E-state index contributed by atoms with van der Waals surface area (Å²) in [6.07, 6.45) is 3.12. The molecule has 5 nitrogen and oxygen atoms in total. The number of rotatable bonds is 5. The highest BCUT2D eigenvalue weighted by molar-refractivity contribution is 7.91. The average molecular weight is 345 g/mol. The van der Waals surface area contributed by atoms with Gasteiger partial charge in [0, 0.05) is 18.0 Å². The number of carbonyl (C=O) groups excluding carboxylic acids is 1. The van der Waals surface area contributed by atoms with Crippen LogP contribution in [0.1, 0.15) is 38.0 Å². The highest BCUT2D eigenvalue weighted by atomic mass is 32.2. The third-order valence-electron chi connectivity index (χ3n) is 3.86. The van der Waals surface area contributed by atoms with E-state index in [1.807, 2.05) is 20.8 Å². The number of aryl methyl sites for hydroxylation is 1. The van der Waals surface area contributed by atoms with Crippen molar-refractivity contribution in [1.82, 2.24) is 9.62 Å². The topological polar surface area (TPSA) is 66.5 Å². The summed E-state index contributed by atoms with van der Waals surface area (Å²) in [5, 5.41) is 0. The van der Waals surface area contributed by atoms with E-state index in [0.29, 0.717) is 0 Å². The molecule has 1 aliphatic rings. The third-order valence-corrected chi connectivity index (χ3v) is 6.80. The molecule has 0 aromatic carbocycles. The van der Waals surface area contributed by atoms with E-state index >= 15 is 0 Å². The molecule has 0 radical (unpaired) electrons. The molecular weight excluding hydrogens is 320 g/mol. The molecule has 1 saturated heterocycles.